The monoisotopic (exact) mass is 289 g/mol. The summed E-state index contributed by atoms with van der Waals surface area (Å²) in [5.41, 5.74) is 0.690. The summed E-state index contributed by atoms with van der Waals surface area (Å²) in [5.74, 6) is 0.426. The molecule has 112 valence electrons. The van der Waals surface area contributed by atoms with Crippen LogP contribution in [-0.2, 0) is 0 Å². The summed E-state index contributed by atoms with van der Waals surface area (Å²) in [6, 6.07) is 4.13. The molecule has 2 heterocycles. The Kier molecular flexibility index (Phi) is 4.38. The highest BCUT2D eigenvalue weighted by Crippen LogP contribution is 2.31. The van der Waals surface area contributed by atoms with E-state index in [2.05, 4.69) is 16.0 Å². The quantitative estimate of drug-likeness (QED) is 0.478. The number of piperazine rings is 1. The summed E-state index contributed by atoms with van der Waals surface area (Å²) in [6.07, 6.45) is 1.61. The number of nitro groups is 1. The largest absolute Gasteiger partial charge is 0.348 e. The van der Waals surface area contributed by atoms with E-state index in [-0.39, 0.29) is 22.7 Å². The average molecular weight is 289 g/mol. The molecule has 7 nitrogen and oxygen atoms in total. The molecule has 0 amide bonds. The zero-order valence-corrected chi connectivity index (χ0v) is 12.5. The van der Waals surface area contributed by atoms with E-state index >= 15 is 0 Å². The number of aromatic nitrogens is 1. The molecule has 0 saturated carbocycles. The Hall–Kier alpha value is -2.20. The number of nitriles is 1. The number of nitrogens with zero attached hydrogens (tertiary/aromatic N) is 5. The van der Waals surface area contributed by atoms with E-state index in [9.17, 15) is 10.1 Å². The van der Waals surface area contributed by atoms with Gasteiger partial charge >= 0.3 is 5.69 Å². The van der Waals surface area contributed by atoms with Crippen molar-refractivity contribution in [2.24, 2.45) is 0 Å². The van der Waals surface area contributed by atoms with E-state index in [4.69, 9.17) is 5.26 Å². The van der Waals surface area contributed by atoms with Crippen molar-refractivity contribution in [2.45, 2.75) is 32.9 Å². The van der Waals surface area contributed by atoms with Crippen LogP contribution < -0.4 is 4.90 Å². The molecular weight excluding hydrogens is 270 g/mol. The van der Waals surface area contributed by atoms with Crippen LogP contribution in [0.4, 0.5) is 11.5 Å². The van der Waals surface area contributed by atoms with Crippen LogP contribution >= 0.6 is 0 Å². The van der Waals surface area contributed by atoms with Crippen molar-refractivity contribution in [1.29, 1.82) is 5.26 Å². The van der Waals surface area contributed by atoms with Crippen LogP contribution in [0.25, 0.3) is 0 Å². The second kappa shape index (κ2) is 6.06. The molecule has 21 heavy (non-hydrogen) atoms. The van der Waals surface area contributed by atoms with Crippen LogP contribution in [0.15, 0.2) is 12.3 Å². The first kappa shape index (κ1) is 15.2. The Bertz CT molecular complexity index is 571. The summed E-state index contributed by atoms with van der Waals surface area (Å²) in [4.78, 5) is 19.2. The molecule has 0 spiro atoms. The molecule has 1 aliphatic heterocycles. The summed E-state index contributed by atoms with van der Waals surface area (Å²) < 4.78 is 0. The fourth-order valence-corrected chi connectivity index (χ4v) is 2.92. The van der Waals surface area contributed by atoms with E-state index < -0.39 is 0 Å². The maximum Gasteiger partial charge on any atom is 0.314 e. The highest BCUT2D eigenvalue weighted by atomic mass is 16.6. The molecule has 0 radical (unpaired) electrons. The van der Waals surface area contributed by atoms with E-state index in [0.29, 0.717) is 31.0 Å². The Morgan fingerprint density at radius 3 is 2.62 bits per heavy atom. The van der Waals surface area contributed by atoms with Gasteiger partial charge in [-0.25, -0.2) is 4.98 Å². The third-order valence-electron chi connectivity index (χ3n) is 3.94. The highest BCUT2D eigenvalue weighted by molar-refractivity contribution is 5.61. The lowest BCUT2D eigenvalue weighted by Gasteiger charge is -2.43. The Balaban J connectivity index is 2.31. The van der Waals surface area contributed by atoms with Crippen LogP contribution in [0.1, 0.15) is 19.4 Å². The molecule has 2 unspecified atom stereocenters. The maximum atomic E-state index is 11.3. The van der Waals surface area contributed by atoms with Gasteiger partial charge in [0.1, 0.15) is 0 Å². The van der Waals surface area contributed by atoms with Crippen molar-refractivity contribution >= 4 is 11.5 Å². The molecule has 0 N–H and O–H groups in total. The molecule has 0 aromatic carbocycles. The van der Waals surface area contributed by atoms with Gasteiger partial charge in [0.2, 0.25) is 5.82 Å². The van der Waals surface area contributed by atoms with Gasteiger partial charge in [-0.05, 0) is 26.8 Å². The third-order valence-corrected chi connectivity index (χ3v) is 3.94. The van der Waals surface area contributed by atoms with Crippen molar-refractivity contribution < 1.29 is 4.92 Å². The van der Waals surface area contributed by atoms with Gasteiger partial charge in [0.25, 0.3) is 0 Å². The molecule has 2 rings (SSSR count). The van der Waals surface area contributed by atoms with Crippen molar-refractivity contribution in [1.82, 2.24) is 9.88 Å². The summed E-state index contributed by atoms with van der Waals surface area (Å²) in [6.45, 7) is 7.41. The number of hydrogen-bond acceptors (Lipinski definition) is 6. The lowest BCUT2D eigenvalue weighted by Crippen LogP contribution is -2.57. The first-order valence-corrected chi connectivity index (χ1v) is 6.93. The fraction of sp³-hybridized carbons (Fsp3) is 0.571. The fourth-order valence-electron chi connectivity index (χ4n) is 2.92. The molecule has 1 aromatic rings. The van der Waals surface area contributed by atoms with E-state index in [0.717, 1.165) is 0 Å². The Morgan fingerprint density at radius 2 is 2.10 bits per heavy atom. The molecule has 7 heteroatoms. The Morgan fingerprint density at radius 1 is 1.48 bits per heavy atom. The third kappa shape index (κ3) is 2.95. The zero-order valence-electron chi connectivity index (χ0n) is 12.5. The second-order valence-corrected chi connectivity index (χ2v) is 5.49. The summed E-state index contributed by atoms with van der Waals surface area (Å²) in [7, 11) is 0. The molecule has 2 atom stereocenters. The van der Waals surface area contributed by atoms with E-state index in [1.165, 1.54) is 0 Å². The summed E-state index contributed by atoms with van der Waals surface area (Å²) in [5, 5.41) is 20.2. The number of aryl methyl sites for hydroxylation is 1. The average Bonchev–Trinajstić information content (AvgIpc) is 2.42. The van der Waals surface area contributed by atoms with Gasteiger partial charge in [0.15, 0.2) is 0 Å². The number of rotatable bonds is 3. The van der Waals surface area contributed by atoms with Crippen molar-refractivity contribution in [2.75, 3.05) is 24.5 Å². The number of hydrogen-bond donors (Lipinski definition) is 0. The normalized spacial score (nSPS) is 22.9. The molecule has 1 fully saturated rings. The molecular formula is C14H19N5O2. The van der Waals surface area contributed by atoms with E-state index in [1.807, 2.05) is 18.7 Å². The van der Waals surface area contributed by atoms with Crippen LogP contribution in [0.2, 0.25) is 0 Å². The predicted octanol–water partition coefficient (Wildman–Crippen LogP) is 1.72. The summed E-state index contributed by atoms with van der Waals surface area (Å²) >= 11 is 0. The van der Waals surface area contributed by atoms with Gasteiger partial charge in [-0.3, -0.25) is 15.0 Å². The minimum absolute atomic E-state index is 0.0747. The first-order valence-electron chi connectivity index (χ1n) is 6.93. The lowest BCUT2D eigenvalue weighted by molar-refractivity contribution is -0.384. The second-order valence-electron chi connectivity index (χ2n) is 5.49. The number of pyridine rings is 1. The van der Waals surface area contributed by atoms with Gasteiger partial charge in [0, 0.05) is 36.9 Å². The zero-order chi connectivity index (χ0) is 15.6. The van der Waals surface area contributed by atoms with Crippen LogP contribution in [0, 0.1) is 28.4 Å². The van der Waals surface area contributed by atoms with Gasteiger partial charge in [-0.15, -0.1) is 0 Å². The van der Waals surface area contributed by atoms with Crippen molar-refractivity contribution in [3.05, 3.63) is 27.9 Å². The molecule has 0 aliphatic carbocycles. The highest BCUT2D eigenvalue weighted by Gasteiger charge is 2.33. The van der Waals surface area contributed by atoms with Gasteiger partial charge in [0.05, 0.1) is 17.5 Å². The standard InChI is InChI=1S/C14H19N5O2/c1-10-4-6-16-14(13(10)19(20)21)17-8-11(2)18(7-5-15)12(3)9-17/h4,6,11-12H,7-9H2,1-3H3. The molecule has 0 bridgehead atoms. The van der Waals surface area contributed by atoms with E-state index in [1.54, 1.807) is 19.2 Å². The number of anilines is 1. The first-order chi connectivity index (χ1) is 9.95. The minimum Gasteiger partial charge on any atom is -0.348 e. The predicted molar refractivity (Wildman–Crippen MR) is 79.1 cm³/mol. The van der Waals surface area contributed by atoms with Crippen molar-refractivity contribution in [3.63, 3.8) is 0 Å². The minimum atomic E-state index is -0.366. The smallest absolute Gasteiger partial charge is 0.314 e. The maximum absolute atomic E-state index is 11.3. The van der Waals surface area contributed by atoms with Gasteiger partial charge in [-0.1, -0.05) is 0 Å². The SMILES string of the molecule is Cc1ccnc(N2CC(C)N(CC#N)C(C)C2)c1[N+](=O)[O-]. The van der Waals surface area contributed by atoms with Crippen LogP contribution in [-0.4, -0.2) is 46.5 Å². The Labute approximate surface area is 123 Å². The molecule has 1 aliphatic rings. The molecule has 1 saturated heterocycles. The topological polar surface area (TPSA) is 86.3 Å². The molecule has 1 aromatic heterocycles. The van der Waals surface area contributed by atoms with Crippen LogP contribution in [0.3, 0.4) is 0 Å². The lowest BCUT2D eigenvalue weighted by atomic mass is 10.1. The van der Waals surface area contributed by atoms with Crippen molar-refractivity contribution in [3.8, 4) is 6.07 Å². The van der Waals surface area contributed by atoms with Gasteiger partial charge in [-0.2, -0.15) is 5.26 Å². The van der Waals surface area contributed by atoms with Gasteiger partial charge < -0.3 is 4.90 Å². The van der Waals surface area contributed by atoms with Crippen LogP contribution in [0.5, 0.6) is 0 Å².